The van der Waals surface area contributed by atoms with E-state index >= 15 is 0 Å². The summed E-state index contributed by atoms with van der Waals surface area (Å²) in [7, 11) is 0. The van der Waals surface area contributed by atoms with E-state index < -0.39 is 18.5 Å². The SMILES string of the molecule is O=C(O)COc1cccc(/C=N/NC(=O)Cn2nnc(-c3ccccc3Cl)n2)c1. The van der Waals surface area contributed by atoms with E-state index in [1.165, 1.54) is 6.21 Å². The zero-order chi connectivity index (χ0) is 20.6. The van der Waals surface area contributed by atoms with Gasteiger partial charge < -0.3 is 9.84 Å². The highest BCUT2D eigenvalue weighted by atomic mass is 35.5. The van der Waals surface area contributed by atoms with Crippen LogP contribution in [-0.2, 0) is 16.1 Å². The molecule has 2 aromatic carbocycles. The molecule has 29 heavy (non-hydrogen) atoms. The molecule has 0 spiro atoms. The van der Waals surface area contributed by atoms with Gasteiger partial charge in [0.15, 0.2) is 6.61 Å². The van der Waals surface area contributed by atoms with Gasteiger partial charge in [0, 0.05) is 5.56 Å². The molecule has 1 heterocycles. The summed E-state index contributed by atoms with van der Waals surface area (Å²) >= 11 is 6.09. The Bertz CT molecular complexity index is 1050. The Morgan fingerprint density at radius 2 is 2.07 bits per heavy atom. The third-order valence-electron chi connectivity index (χ3n) is 3.48. The number of nitrogens with zero attached hydrogens (tertiary/aromatic N) is 5. The van der Waals surface area contributed by atoms with Crippen molar-refractivity contribution in [1.29, 1.82) is 0 Å². The van der Waals surface area contributed by atoms with Gasteiger partial charge in [-0.3, -0.25) is 4.79 Å². The number of tetrazole rings is 1. The molecule has 148 valence electrons. The number of aromatic nitrogens is 4. The van der Waals surface area contributed by atoms with E-state index in [4.69, 9.17) is 21.4 Å². The lowest BCUT2D eigenvalue weighted by Gasteiger charge is -2.03. The average Bonchev–Trinajstić information content (AvgIpc) is 3.15. The van der Waals surface area contributed by atoms with Crippen LogP contribution in [0.1, 0.15) is 5.56 Å². The second-order valence-corrected chi connectivity index (χ2v) is 6.08. The van der Waals surface area contributed by atoms with Crippen LogP contribution in [0.2, 0.25) is 5.02 Å². The molecule has 10 nitrogen and oxygen atoms in total. The maximum absolute atomic E-state index is 12.0. The first-order valence-corrected chi connectivity index (χ1v) is 8.68. The summed E-state index contributed by atoms with van der Waals surface area (Å²) in [5.74, 6) is -0.843. The summed E-state index contributed by atoms with van der Waals surface area (Å²) in [4.78, 5) is 23.7. The summed E-state index contributed by atoms with van der Waals surface area (Å²) in [6, 6.07) is 13.6. The molecule has 0 aliphatic heterocycles. The van der Waals surface area contributed by atoms with Crippen LogP contribution in [-0.4, -0.2) is 50.0 Å². The fraction of sp³-hybridized carbons (Fsp3) is 0.111. The zero-order valence-corrected chi connectivity index (χ0v) is 15.7. The normalized spacial score (nSPS) is 10.8. The van der Waals surface area contributed by atoms with Crippen LogP contribution in [0.5, 0.6) is 5.75 Å². The van der Waals surface area contributed by atoms with E-state index in [2.05, 4.69) is 25.9 Å². The molecule has 3 rings (SSSR count). The summed E-state index contributed by atoms with van der Waals surface area (Å²) < 4.78 is 5.08. The molecule has 0 fully saturated rings. The Kier molecular flexibility index (Phi) is 6.48. The van der Waals surface area contributed by atoms with Gasteiger partial charge in [-0.1, -0.05) is 35.9 Å². The number of hydrogen-bond donors (Lipinski definition) is 2. The van der Waals surface area contributed by atoms with Crippen LogP contribution in [0.3, 0.4) is 0 Å². The third kappa shape index (κ3) is 5.84. The number of halogens is 1. The first-order chi connectivity index (χ1) is 14.0. The molecular weight excluding hydrogens is 400 g/mol. The van der Waals surface area contributed by atoms with E-state index in [1.54, 1.807) is 48.5 Å². The quantitative estimate of drug-likeness (QED) is 0.422. The summed E-state index contributed by atoms with van der Waals surface area (Å²) in [6.45, 7) is -0.630. The van der Waals surface area contributed by atoms with Crippen molar-refractivity contribution in [1.82, 2.24) is 25.6 Å². The molecule has 1 aromatic heterocycles. The predicted octanol–water partition coefficient (Wildman–Crippen LogP) is 1.61. The third-order valence-corrected chi connectivity index (χ3v) is 3.81. The minimum Gasteiger partial charge on any atom is -0.482 e. The lowest BCUT2D eigenvalue weighted by molar-refractivity contribution is -0.139. The van der Waals surface area contributed by atoms with Crippen molar-refractivity contribution in [3.63, 3.8) is 0 Å². The van der Waals surface area contributed by atoms with Gasteiger partial charge in [0.2, 0.25) is 5.82 Å². The number of carbonyl (C=O) groups is 2. The maximum Gasteiger partial charge on any atom is 0.341 e. The molecule has 0 aliphatic carbocycles. The minimum atomic E-state index is -1.07. The van der Waals surface area contributed by atoms with Crippen molar-refractivity contribution in [3.05, 3.63) is 59.1 Å². The number of carbonyl (C=O) groups excluding carboxylic acids is 1. The Hall–Kier alpha value is -3.79. The van der Waals surface area contributed by atoms with Gasteiger partial charge in [-0.25, -0.2) is 10.2 Å². The van der Waals surface area contributed by atoms with Crippen LogP contribution < -0.4 is 10.2 Å². The van der Waals surface area contributed by atoms with E-state index in [-0.39, 0.29) is 6.54 Å². The average molecular weight is 415 g/mol. The number of hydrogen-bond acceptors (Lipinski definition) is 7. The fourth-order valence-electron chi connectivity index (χ4n) is 2.23. The fourth-order valence-corrected chi connectivity index (χ4v) is 2.45. The number of carboxylic acid groups (broad SMARTS) is 1. The summed E-state index contributed by atoms with van der Waals surface area (Å²) in [6.07, 6.45) is 1.40. The summed E-state index contributed by atoms with van der Waals surface area (Å²) in [5, 5.41) is 24.8. The highest BCUT2D eigenvalue weighted by Crippen LogP contribution is 2.23. The number of amides is 1. The van der Waals surface area contributed by atoms with Crippen molar-refractivity contribution < 1.29 is 19.4 Å². The number of hydrazone groups is 1. The molecule has 11 heteroatoms. The van der Waals surface area contributed by atoms with Crippen LogP contribution in [0.15, 0.2) is 53.6 Å². The number of nitrogens with one attached hydrogen (secondary N) is 1. The van der Waals surface area contributed by atoms with Crippen LogP contribution >= 0.6 is 11.6 Å². The minimum absolute atomic E-state index is 0.184. The standard InChI is InChI=1S/C18H15ClN6O4/c19-15-7-2-1-6-14(15)18-22-24-25(23-18)10-16(26)21-20-9-12-4-3-5-13(8-12)29-11-17(27)28/h1-9H,10-11H2,(H,21,26)(H,27,28)/b20-9+. The lowest BCUT2D eigenvalue weighted by Crippen LogP contribution is -2.24. The van der Waals surface area contributed by atoms with Crippen molar-refractivity contribution in [2.45, 2.75) is 6.54 Å². The Labute approximate surface area is 169 Å². The lowest BCUT2D eigenvalue weighted by atomic mass is 10.2. The molecule has 0 atom stereocenters. The van der Waals surface area contributed by atoms with Gasteiger partial charge in [0.25, 0.3) is 5.91 Å². The highest BCUT2D eigenvalue weighted by molar-refractivity contribution is 6.33. The number of rotatable bonds is 8. The number of aliphatic carboxylic acids is 1. The molecule has 0 saturated carbocycles. The van der Waals surface area contributed by atoms with Crippen molar-refractivity contribution in [2.75, 3.05) is 6.61 Å². The Morgan fingerprint density at radius 3 is 2.86 bits per heavy atom. The van der Waals surface area contributed by atoms with E-state index in [1.807, 2.05) is 0 Å². The largest absolute Gasteiger partial charge is 0.482 e. The predicted molar refractivity (Wildman–Crippen MR) is 104 cm³/mol. The van der Waals surface area contributed by atoms with Gasteiger partial charge in [-0.15, -0.1) is 10.2 Å². The number of benzene rings is 2. The van der Waals surface area contributed by atoms with Gasteiger partial charge >= 0.3 is 5.97 Å². The molecule has 3 aromatic rings. The topological polar surface area (TPSA) is 132 Å². The van der Waals surface area contributed by atoms with E-state index in [0.717, 1.165) is 4.80 Å². The molecule has 0 radical (unpaired) electrons. The number of carboxylic acids is 1. The van der Waals surface area contributed by atoms with E-state index in [9.17, 15) is 9.59 Å². The highest BCUT2D eigenvalue weighted by Gasteiger charge is 2.11. The smallest absolute Gasteiger partial charge is 0.341 e. The maximum atomic E-state index is 12.0. The van der Waals surface area contributed by atoms with Crippen molar-refractivity contribution >= 4 is 29.7 Å². The molecule has 0 unspecified atom stereocenters. The van der Waals surface area contributed by atoms with Gasteiger partial charge in [-0.05, 0) is 35.0 Å². The van der Waals surface area contributed by atoms with E-state index in [0.29, 0.717) is 27.7 Å². The van der Waals surface area contributed by atoms with Crippen LogP contribution in [0, 0.1) is 0 Å². The second-order valence-electron chi connectivity index (χ2n) is 5.67. The first-order valence-electron chi connectivity index (χ1n) is 8.30. The Morgan fingerprint density at radius 1 is 1.24 bits per heavy atom. The Balaban J connectivity index is 1.55. The molecular formula is C18H15ClN6O4. The van der Waals surface area contributed by atoms with Crippen LogP contribution in [0.25, 0.3) is 11.4 Å². The first kappa shape index (κ1) is 20.0. The molecule has 0 saturated heterocycles. The van der Waals surface area contributed by atoms with Gasteiger partial charge in [-0.2, -0.15) is 9.90 Å². The molecule has 0 aliphatic rings. The molecule has 1 amide bonds. The van der Waals surface area contributed by atoms with Gasteiger partial charge in [0.05, 0.1) is 11.2 Å². The molecule has 2 N–H and O–H groups in total. The monoisotopic (exact) mass is 414 g/mol. The zero-order valence-electron chi connectivity index (χ0n) is 14.9. The molecule has 0 bridgehead atoms. The second kappa shape index (κ2) is 9.42. The number of ether oxygens (including phenoxy) is 1. The van der Waals surface area contributed by atoms with Crippen molar-refractivity contribution in [3.8, 4) is 17.1 Å². The van der Waals surface area contributed by atoms with Crippen molar-refractivity contribution in [2.24, 2.45) is 5.10 Å². The summed E-state index contributed by atoms with van der Waals surface area (Å²) in [5.41, 5.74) is 3.58. The van der Waals surface area contributed by atoms with Crippen LogP contribution in [0.4, 0.5) is 0 Å². The van der Waals surface area contributed by atoms with Gasteiger partial charge in [0.1, 0.15) is 12.3 Å².